The first-order valence-electron chi connectivity index (χ1n) is 6.86. The van der Waals surface area contributed by atoms with Gasteiger partial charge in [0.2, 0.25) is 0 Å². The molecule has 2 aromatic heterocycles. The molecular weight excluding hydrogens is 242 g/mol. The van der Waals surface area contributed by atoms with Crippen LogP contribution in [0, 0.1) is 12.8 Å². The van der Waals surface area contributed by atoms with E-state index >= 15 is 0 Å². The molecule has 2 aromatic rings. The van der Waals surface area contributed by atoms with Crippen LogP contribution >= 0.6 is 0 Å². The van der Waals surface area contributed by atoms with E-state index in [1.165, 1.54) is 17.2 Å². The van der Waals surface area contributed by atoms with Crippen LogP contribution in [0.5, 0.6) is 0 Å². The van der Waals surface area contributed by atoms with Gasteiger partial charge in [-0.2, -0.15) is 5.10 Å². The Bertz CT molecular complexity index is 640. The average Bonchev–Trinajstić information content (AvgIpc) is 3.14. The molecule has 102 valence electrons. The van der Waals surface area contributed by atoms with Gasteiger partial charge in [-0.15, -0.1) is 0 Å². The average molecular weight is 261 g/mol. The molecule has 6 heteroatoms. The van der Waals surface area contributed by atoms with Crippen molar-refractivity contribution in [3.05, 3.63) is 28.1 Å². The number of nitrogens with zero attached hydrogens (tertiary/aromatic N) is 3. The Kier molecular flexibility index (Phi) is 3.10. The molecule has 0 spiro atoms. The standard InChI is InChI=1S/C13H19N5O/c1-3-14-11(9-4-5-9)6-10-7-12-16-17-13(19)18(12)8(2)15-10/h7,9,11,14H,3-6H2,1-2H3,(H,17,19). The monoisotopic (exact) mass is 261 g/mol. The molecule has 0 aliphatic heterocycles. The van der Waals surface area contributed by atoms with Gasteiger partial charge < -0.3 is 5.32 Å². The molecule has 0 aromatic carbocycles. The molecule has 6 nitrogen and oxygen atoms in total. The van der Waals surface area contributed by atoms with Gasteiger partial charge in [0.25, 0.3) is 0 Å². The maximum Gasteiger partial charge on any atom is 0.349 e. The van der Waals surface area contributed by atoms with E-state index in [1.807, 2.05) is 13.0 Å². The molecule has 1 saturated carbocycles. The van der Waals surface area contributed by atoms with E-state index in [9.17, 15) is 4.79 Å². The number of H-pyrrole nitrogens is 1. The zero-order chi connectivity index (χ0) is 13.4. The Labute approximate surface area is 111 Å². The highest BCUT2D eigenvalue weighted by atomic mass is 16.1. The number of likely N-dealkylation sites (N-methyl/N-ethyl adjacent to an activating group) is 1. The van der Waals surface area contributed by atoms with Crippen molar-refractivity contribution in [3.8, 4) is 0 Å². The lowest BCUT2D eigenvalue weighted by molar-refractivity contribution is 0.468. The fraction of sp³-hybridized carbons (Fsp3) is 0.615. The van der Waals surface area contributed by atoms with E-state index in [4.69, 9.17) is 0 Å². The second-order valence-electron chi connectivity index (χ2n) is 5.22. The van der Waals surface area contributed by atoms with Gasteiger partial charge >= 0.3 is 5.69 Å². The molecular formula is C13H19N5O. The first kappa shape index (κ1) is 12.3. The molecule has 19 heavy (non-hydrogen) atoms. The van der Waals surface area contributed by atoms with Crippen molar-refractivity contribution < 1.29 is 0 Å². The van der Waals surface area contributed by atoms with Crippen LogP contribution < -0.4 is 11.0 Å². The van der Waals surface area contributed by atoms with Gasteiger partial charge in [-0.25, -0.2) is 19.3 Å². The van der Waals surface area contributed by atoms with E-state index in [-0.39, 0.29) is 5.69 Å². The van der Waals surface area contributed by atoms with Crippen molar-refractivity contribution in [1.82, 2.24) is 24.9 Å². The smallest absolute Gasteiger partial charge is 0.314 e. The number of hydrogen-bond donors (Lipinski definition) is 2. The number of aromatic nitrogens is 4. The van der Waals surface area contributed by atoms with Gasteiger partial charge in [0.1, 0.15) is 5.82 Å². The summed E-state index contributed by atoms with van der Waals surface area (Å²) in [5, 5.41) is 10.0. The summed E-state index contributed by atoms with van der Waals surface area (Å²) < 4.78 is 1.50. The largest absolute Gasteiger partial charge is 0.349 e. The predicted octanol–water partition coefficient (Wildman–Crippen LogP) is 0.657. The normalized spacial score (nSPS) is 16.9. The first-order valence-corrected chi connectivity index (χ1v) is 6.86. The van der Waals surface area contributed by atoms with Crippen LogP contribution in [0.25, 0.3) is 5.65 Å². The van der Waals surface area contributed by atoms with E-state index in [0.717, 1.165) is 24.6 Å². The summed E-state index contributed by atoms with van der Waals surface area (Å²) in [6.45, 7) is 4.95. The van der Waals surface area contributed by atoms with Gasteiger partial charge in [-0.3, -0.25) is 0 Å². The van der Waals surface area contributed by atoms with Crippen LogP contribution in [0.3, 0.4) is 0 Å². The van der Waals surface area contributed by atoms with Crippen molar-refractivity contribution in [1.29, 1.82) is 0 Å². The van der Waals surface area contributed by atoms with E-state index < -0.39 is 0 Å². The molecule has 0 amide bonds. The number of nitrogens with one attached hydrogen (secondary N) is 2. The molecule has 0 saturated heterocycles. The first-order chi connectivity index (χ1) is 9.19. The Balaban J connectivity index is 1.90. The minimum atomic E-state index is -0.225. The maximum atomic E-state index is 11.5. The van der Waals surface area contributed by atoms with Crippen molar-refractivity contribution in [2.75, 3.05) is 6.54 Å². The van der Waals surface area contributed by atoms with Crippen molar-refractivity contribution in [2.45, 2.75) is 39.2 Å². The lowest BCUT2D eigenvalue weighted by Gasteiger charge is -2.16. The third-order valence-corrected chi connectivity index (χ3v) is 3.71. The molecule has 2 N–H and O–H groups in total. The maximum absolute atomic E-state index is 11.5. The SMILES string of the molecule is CCNC(Cc1cc2n[nH]c(=O)n2c(C)n1)C1CC1. The zero-order valence-electron chi connectivity index (χ0n) is 11.3. The second-order valence-corrected chi connectivity index (χ2v) is 5.22. The summed E-state index contributed by atoms with van der Waals surface area (Å²) in [4.78, 5) is 16.1. The Morgan fingerprint density at radius 1 is 1.58 bits per heavy atom. The quantitative estimate of drug-likeness (QED) is 0.829. The predicted molar refractivity (Wildman–Crippen MR) is 72.2 cm³/mol. The molecule has 0 bridgehead atoms. The number of aryl methyl sites for hydroxylation is 1. The third-order valence-electron chi connectivity index (χ3n) is 3.71. The molecule has 1 fully saturated rings. The number of aromatic amines is 1. The summed E-state index contributed by atoms with van der Waals surface area (Å²) in [6, 6.07) is 2.39. The van der Waals surface area contributed by atoms with Gasteiger partial charge in [0.05, 0.1) is 0 Å². The van der Waals surface area contributed by atoms with Crippen molar-refractivity contribution in [2.24, 2.45) is 5.92 Å². The van der Waals surface area contributed by atoms with Crippen LogP contribution in [0.2, 0.25) is 0 Å². The molecule has 2 heterocycles. The van der Waals surface area contributed by atoms with Crippen LogP contribution in [0.15, 0.2) is 10.9 Å². The number of rotatable bonds is 5. The molecule has 1 unspecified atom stereocenters. The van der Waals surface area contributed by atoms with Crippen LogP contribution in [-0.4, -0.2) is 32.2 Å². The highest BCUT2D eigenvalue weighted by Gasteiger charge is 2.31. The Hall–Kier alpha value is -1.69. The van der Waals surface area contributed by atoms with Crippen LogP contribution in [0.4, 0.5) is 0 Å². The second kappa shape index (κ2) is 4.77. The van der Waals surface area contributed by atoms with Gasteiger partial charge in [0, 0.05) is 24.2 Å². The molecule has 1 aliphatic rings. The Morgan fingerprint density at radius 3 is 3.05 bits per heavy atom. The summed E-state index contributed by atoms with van der Waals surface area (Å²) in [5.74, 6) is 1.47. The fourth-order valence-electron chi connectivity index (χ4n) is 2.65. The van der Waals surface area contributed by atoms with Gasteiger partial charge in [-0.1, -0.05) is 6.92 Å². The van der Waals surface area contributed by atoms with Crippen molar-refractivity contribution in [3.63, 3.8) is 0 Å². The molecule has 1 aliphatic carbocycles. The minimum Gasteiger partial charge on any atom is -0.314 e. The lowest BCUT2D eigenvalue weighted by Crippen LogP contribution is -2.33. The highest BCUT2D eigenvalue weighted by Crippen LogP contribution is 2.33. The van der Waals surface area contributed by atoms with Gasteiger partial charge in [-0.05, 0) is 32.2 Å². The van der Waals surface area contributed by atoms with Gasteiger partial charge in [0.15, 0.2) is 5.65 Å². The topological polar surface area (TPSA) is 75.1 Å². The molecule has 1 atom stereocenters. The van der Waals surface area contributed by atoms with E-state index in [1.54, 1.807) is 0 Å². The van der Waals surface area contributed by atoms with E-state index in [0.29, 0.717) is 17.5 Å². The lowest BCUT2D eigenvalue weighted by atomic mass is 10.1. The summed E-state index contributed by atoms with van der Waals surface area (Å²) in [6.07, 6.45) is 3.51. The summed E-state index contributed by atoms with van der Waals surface area (Å²) >= 11 is 0. The Morgan fingerprint density at radius 2 is 2.37 bits per heavy atom. The molecule has 0 radical (unpaired) electrons. The number of fused-ring (bicyclic) bond motifs is 1. The zero-order valence-corrected chi connectivity index (χ0v) is 11.3. The minimum absolute atomic E-state index is 0.225. The van der Waals surface area contributed by atoms with Crippen molar-refractivity contribution >= 4 is 5.65 Å². The highest BCUT2D eigenvalue weighted by molar-refractivity contribution is 5.38. The van der Waals surface area contributed by atoms with E-state index in [2.05, 4.69) is 27.4 Å². The summed E-state index contributed by atoms with van der Waals surface area (Å²) in [5.41, 5.74) is 1.43. The van der Waals surface area contributed by atoms with Crippen LogP contribution in [0.1, 0.15) is 31.3 Å². The number of hydrogen-bond acceptors (Lipinski definition) is 4. The molecule has 3 rings (SSSR count). The van der Waals surface area contributed by atoms with Crippen LogP contribution in [-0.2, 0) is 6.42 Å². The summed E-state index contributed by atoms with van der Waals surface area (Å²) in [7, 11) is 0. The fourth-order valence-corrected chi connectivity index (χ4v) is 2.65. The third kappa shape index (κ3) is 2.40.